The van der Waals surface area contributed by atoms with E-state index in [1.807, 2.05) is 0 Å². The second-order valence-electron chi connectivity index (χ2n) is 4.39. The maximum absolute atomic E-state index is 13.5. The molecule has 100 valence electrons. The van der Waals surface area contributed by atoms with Gasteiger partial charge in [-0.3, -0.25) is 0 Å². The highest BCUT2D eigenvalue weighted by molar-refractivity contribution is 5.22. The Labute approximate surface area is 110 Å². The van der Waals surface area contributed by atoms with Crippen molar-refractivity contribution in [3.8, 4) is 0 Å². The number of benzene rings is 2. The summed E-state index contributed by atoms with van der Waals surface area (Å²) in [7, 11) is 0. The van der Waals surface area contributed by atoms with Gasteiger partial charge in [-0.25, -0.2) is 13.2 Å². The molecule has 0 amide bonds. The Hall–Kier alpha value is -1.81. The highest BCUT2D eigenvalue weighted by atomic mass is 19.1. The van der Waals surface area contributed by atoms with Crippen molar-refractivity contribution in [3.05, 3.63) is 71.0 Å². The molecule has 0 heterocycles. The molecule has 2 rings (SSSR count). The molecule has 0 radical (unpaired) electrons. The van der Waals surface area contributed by atoms with E-state index in [1.54, 1.807) is 19.1 Å². The van der Waals surface area contributed by atoms with Gasteiger partial charge in [-0.1, -0.05) is 18.2 Å². The van der Waals surface area contributed by atoms with Crippen LogP contribution in [0.15, 0.2) is 42.5 Å². The minimum Gasteiger partial charge on any atom is -0.306 e. The Morgan fingerprint density at radius 3 is 2.21 bits per heavy atom. The molecule has 0 saturated carbocycles. The van der Waals surface area contributed by atoms with Crippen LogP contribution >= 0.6 is 0 Å². The van der Waals surface area contributed by atoms with Crippen LogP contribution in [0.3, 0.4) is 0 Å². The van der Waals surface area contributed by atoms with Gasteiger partial charge in [0.05, 0.1) is 0 Å². The van der Waals surface area contributed by atoms with Crippen molar-refractivity contribution in [1.82, 2.24) is 5.32 Å². The molecule has 0 fully saturated rings. The van der Waals surface area contributed by atoms with E-state index in [4.69, 9.17) is 0 Å². The predicted octanol–water partition coefficient (Wildman–Crippen LogP) is 3.95. The molecule has 0 aromatic heterocycles. The van der Waals surface area contributed by atoms with E-state index < -0.39 is 11.6 Å². The lowest BCUT2D eigenvalue weighted by atomic mass is 10.1. The third-order valence-electron chi connectivity index (χ3n) is 2.95. The van der Waals surface area contributed by atoms with Gasteiger partial charge in [0.1, 0.15) is 17.5 Å². The lowest BCUT2D eigenvalue weighted by Gasteiger charge is -2.15. The Kier molecular flexibility index (Phi) is 4.22. The zero-order chi connectivity index (χ0) is 13.8. The zero-order valence-corrected chi connectivity index (χ0v) is 10.5. The van der Waals surface area contributed by atoms with Crippen molar-refractivity contribution in [3.63, 3.8) is 0 Å². The summed E-state index contributed by atoms with van der Waals surface area (Å²) >= 11 is 0. The third kappa shape index (κ3) is 3.58. The van der Waals surface area contributed by atoms with Crippen LogP contribution in [-0.4, -0.2) is 0 Å². The highest BCUT2D eigenvalue weighted by Crippen LogP contribution is 2.18. The molecule has 0 saturated heterocycles. The summed E-state index contributed by atoms with van der Waals surface area (Å²) in [5.74, 6) is -1.45. The van der Waals surface area contributed by atoms with Gasteiger partial charge in [0.15, 0.2) is 0 Å². The van der Waals surface area contributed by atoms with Crippen LogP contribution in [0.4, 0.5) is 13.2 Å². The summed E-state index contributed by atoms with van der Waals surface area (Å²) in [5.41, 5.74) is 1.30. The first kappa shape index (κ1) is 13.6. The molecule has 19 heavy (non-hydrogen) atoms. The molecule has 0 bridgehead atoms. The standard InChI is InChI=1S/C15H14F3N/c1-10(14-7-6-13(17)8-15(14)18)19-9-11-2-4-12(16)5-3-11/h2-8,10,19H,9H2,1H3. The van der Waals surface area contributed by atoms with Crippen molar-refractivity contribution in [2.45, 2.75) is 19.5 Å². The van der Waals surface area contributed by atoms with Gasteiger partial charge in [-0.05, 0) is 30.7 Å². The largest absolute Gasteiger partial charge is 0.306 e. The summed E-state index contributed by atoms with van der Waals surface area (Å²) in [6, 6.07) is 9.34. The van der Waals surface area contributed by atoms with Gasteiger partial charge >= 0.3 is 0 Å². The smallest absolute Gasteiger partial charge is 0.130 e. The normalized spacial score (nSPS) is 12.4. The molecule has 2 aromatic rings. The summed E-state index contributed by atoms with van der Waals surface area (Å²) in [5, 5.41) is 3.11. The fourth-order valence-corrected chi connectivity index (χ4v) is 1.84. The van der Waals surface area contributed by atoms with Gasteiger partial charge in [0.2, 0.25) is 0 Å². The van der Waals surface area contributed by atoms with E-state index >= 15 is 0 Å². The van der Waals surface area contributed by atoms with Crippen molar-refractivity contribution < 1.29 is 13.2 Å². The summed E-state index contributed by atoms with van der Waals surface area (Å²) in [4.78, 5) is 0. The second kappa shape index (κ2) is 5.89. The van der Waals surface area contributed by atoms with E-state index in [-0.39, 0.29) is 11.9 Å². The zero-order valence-electron chi connectivity index (χ0n) is 10.5. The summed E-state index contributed by atoms with van der Waals surface area (Å²) < 4.78 is 39.1. The second-order valence-corrected chi connectivity index (χ2v) is 4.39. The lowest BCUT2D eigenvalue weighted by molar-refractivity contribution is 0.517. The predicted molar refractivity (Wildman–Crippen MR) is 68.0 cm³/mol. The van der Waals surface area contributed by atoms with Gasteiger partial charge < -0.3 is 5.32 Å². The van der Waals surface area contributed by atoms with Crippen molar-refractivity contribution in [2.75, 3.05) is 0 Å². The molecule has 2 aromatic carbocycles. The Morgan fingerprint density at radius 2 is 1.58 bits per heavy atom. The quantitative estimate of drug-likeness (QED) is 0.882. The summed E-state index contributed by atoms with van der Waals surface area (Å²) in [6.07, 6.45) is 0. The number of nitrogens with one attached hydrogen (secondary N) is 1. The molecule has 0 spiro atoms. The van der Waals surface area contributed by atoms with Crippen LogP contribution in [-0.2, 0) is 6.54 Å². The Bertz CT molecular complexity index is 552. The molecule has 0 aliphatic heterocycles. The first-order valence-electron chi connectivity index (χ1n) is 5.99. The Balaban J connectivity index is 2.01. The van der Waals surface area contributed by atoms with Gasteiger partial charge in [0.25, 0.3) is 0 Å². The van der Waals surface area contributed by atoms with E-state index in [9.17, 15) is 13.2 Å². The Morgan fingerprint density at radius 1 is 0.947 bits per heavy atom. The molecular weight excluding hydrogens is 251 g/mol. The van der Waals surface area contributed by atoms with E-state index in [0.717, 1.165) is 11.6 Å². The number of rotatable bonds is 4. The van der Waals surface area contributed by atoms with Crippen LogP contribution in [0.2, 0.25) is 0 Å². The first-order valence-corrected chi connectivity index (χ1v) is 5.99. The third-order valence-corrected chi connectivity index (χ3v) is 2.95. The van der Waals surface area contributed by atoms with E-state index in [0.29, 0.717) is 12.1 Å². The van der Waals surface area contributed by atoms with Crippen LogP contribution in [0, 0.1) is 17.5 Å². The fourth-order valence-electron chi connectivity index (χ4n) is 1.84. The van der Waals surface area contributed by atoms with Crippen molar-refractivity contribution in [1.29, 1.82) is 0 Å². The molecule has 4 heteroatoms. The van der Waals surface area contributed by atoms with Crippen molar-refractivity contribution >= 4 is 0 Å². The van der Waals surface area contributed by atoms with Crippen molar-refractivity contribution in [2.24, 2.45) is 0 Å². The van der Waals surface area contributed by atoms with Crippen LogP contribution in [0.1, 0.15) is 24.1 Å². The topological polar surface area (TPSA) is 12.0 Å². The average Bonchev–Trinajstić information content (AvgIpc) is 2.37. The summed E-state index contributed by atoms with van der Waals surface area (Å²) in [6.45, 7) is 2.28. The van der Waals surface area contributed by atoms with Crippen LogP contribution < -0.4 is 5.32 Å². The maximum atomic E-state index is 13.5. The molecule has 0 aliphatic rings. The van der Waals surface area contributed by atoms with Crippen LogP contribution in [0.5, 0.6) is 0 Å². The highest BCUT2D eigenvalue weighted by Gasteiger charge is 2.11. The number of halogens is 3. The molecule has 0 aliphatic carbocycles. The minimum atomic E-state index is -0.591. The number of hydrogen-bond acceptors (Lipinski definition) is 1. The molecule has 1 nitrogen and oxygen atoms in total. The molecular formula is C15H14F3N. The molecule has 1 unspecified atom stereocenters. The van der Waals surface area contributed by atoms with E-state index in [2.05, 4.69) is 5.32 Å². The van der Waals surface area contributed by atoms with Crippen LogP contribution in [0.25, 0.3) is 0 Å². The fraction of sp³-hybridized carbons (Fsp3) is 0.200. The first-order chi connectivity index (χ1) is 9.06. The maximum Gasteiger partial charge on any atom is 0.130 e. The monoisotopic (exact) mass is 265 g/mol. The number of hydrogen-bond donors (Lipinski definition) is 1. The van der Waals surface area contributed by atoms with Gasteiger partial charge in [-0.2, -0.15) is 0 Å². The molecule has 1 N–H and O–H groups in total. The lowest BCUT2D eigenvalue weighted by Crippen LogP contribution is -2.19. The SMILES string of the molecule is CC(NCc1ccc(F)cc1)c1ccc(F)cc1F. The van der Waals surface area contributed by atoms with Gasteiger partial charge in [0, 0.05) is 24.2 Å². The van der Waals surface area contributed by atoms with Gasteiger partial charge in [-0.15, -0.1) is 0 Å². The molecule has 1 atom stereocenters. The average molecular weight is 265 g/mol. The minimum absolute atomic E-state index is 0.259. The van der Waals surface area contributed by atoms with E-state index in [1.165, 1.54) is 24.3 Å².